The van der Waals surface area contributed by atoms with Crippen molar-refractivity contribution < 1.29 is 28.6 Å². The Kier molecular flexibility index (Phi) is 8.99. The Bertz CT molecular complexity index is 1830. The summed E-state index contributed by atoms with van der Waals surface area (Å²) in [5.74, 6) is -1.17. The third-order valence-corrected chi connectivity index (χ3v) is 7.08. The van der Waals surface area contributed by atoms with Crippen LogP contribution in [0.1, 0.15) is 33.3 Å². The molecule has 0 aliphatic rings. The molecule has 218 valence electrons. The van der Waals surface area contributed by atoms with Gasteiger partial charge in [-0.3, -0.25) is 4.79 Å². The molecular weight excluding hydrogens is 591 g/mol. The molecule has 5 rings (SSSR count). The average molecular weight is 617 g/mol. The summed E-state index contributed by atoms with van der Waals surface area (Å²) in [6.07, 6.45) is 0. The Hall–Kier alpha value is -4.79. The number of amides is 1. The quantitative estimate of drug-likeness (QED) is 0.135. The molecule has 5 aromatic rings. The van der Waals surface area contributed by atoms with E-state index < -0.39 is 17.8 Å². The number of para-hydroxylation sites is 2. The number of nitrogens with one attached hydrogen (secondary N) is 1. The monoisotopic (exact) mass is 616 g/mol. The number of esters is 2. The van der Waals surface area contributed by atoms with Gasteiger partial charge in [0, 0.05) is 21.8 Å². The number of fused-ring (bicyclic) bond motifs is 1. The summed E-state index contributed by atoms with van der Waals surface area (Å²) in [4.78, 5) is 38.9. The molecule has 43 heavy (non-hydrogen) atoms. The number of nitrogens with zero attached hydrogens (tertiary/aromatic N) is 1. The molecule has 0 bridgehead atoms. The van der Waals surface area contributed by atoms with E-state index in [1.165, 1.54) is 12.1 Å². The summed E-state index contributed by atoms with van der Waals surface area (Å²) in [6.45, 7) is 3.45. The Morgan fingerprint density at radius 1 is 0.860 bits per heavy atom. The minimum Gasteiger partial charge on any atom is -0.482 e. The molecule has 1 N–H and O–H groups in total. The standard InChI is InChI=1S/C33H26Cl2N2O6/c1-3-41-33(40)31-20(2)37(22-9-5-4-6-10-22)28-15-14-23(18-25(28)31)43-32(39)24-11-7-8-12-27(24)36-30(38)19-42-29-16-13-21(34)17-26(29)35/h4-18H,3,19H2,1-2H3,(H,36,38). The van der Waals surface area contributed by atoms with Crippen LogP contribution < -0.4 is 14.8 Å². The molecule has 1 aromatic heterocycles. The van der Waals surface area contributed by atoms with Crippen LogP contribution in [-0.2, 0) is 9.53 Å². The summed E-state index contributed by atoms with van der Waals surface area (Å²) in [7, 11) is 0. The van der Waals surface area contributed by atoms with Crippen molar-refractivity contribution in [1.29, 1.82) is 0 Å². The predicted octanol–water partition coefficient (Wildman–Crippen LogP) is 7.66. The van der Waals surface area contributed by atoms with E-state index in [-0.39, 0.29) is 35.2 Å². The van der Waals surface area contributed by atoms with E-state index in [2.05, 4.69) is 5.32 Å². The maximum absolute atomic E-state index is 13.3. The van der Waals surface area contributed by atoms with Crippen LogP contribution >= 0.6 is 23.2 Å². The van der Waals surface area contributed by atoms with Crippen LogP contribution in [0, 0.1) is 6.92 Å². The highest BCUT2D eigenvalue weighted by molar-refractivity contribution is 6.35. The molecule has 0 saturated carbocycles. The van der Waals surface area contributed by atoms with Gasteiger partial charge in [0.25, 0.3) is 5.91 Å². The number of rotatable bonds is 9. The minimum atomic E-state index is -0.700. The first-order chi connectivity index (χ1) is 20.8. The van der Waals surface area contributed by atoms with Gasteiger partial charge in [-0.1, -0.05) is 53.5 Å². The van der Waals surface area contributed by atoms with Gasteiger partial charge in [-0.15, -0.1) is 0 Å². The second-order valence-corrected chi connectivity index (χ2v) is 10.2. The van der Waals surface area contributed by atoms with Crippen molar-refractivity contribution in [2.45, 2.75) is 13.8 Å². The molecule has 0 fully saturated rings. The summed E-state index contributed by atoms with van der Waals surface area (Å²) in [5, 5.41) is 3.96. The molecule has 0 spiro atoms. The fraction of sp³-hybridized carbons (Fsp3) is 0.121. The second-order valence-electron chi connectivity index (χ2n) is 9.38. The molecular formula is C33H26Cl2N2O6. The van der Waals surface area contributed by atoms with E-state index in [4.69, 9.17) is 37.4 Å². The van der Waals surface area contributed by atoms with E-state index in [0.717, 1.165) is 11.2 Å². The number of benzene rings is 4. The van der Waals surface area contributed by atoms with Crippen LogP contribution in [0.25, 0.3) is 16.6 Å². The van der Waals surface area contributed by atoms with Crippen molar-refractivity contribution >= 4 is 57.6 Å². The first-order valence-corrected chi connectivity index (χ1v) is 14.1. The van der Waals surface area contributed by atoms with Gasteiger partial charge >= 0.3 is 11.9 Å². The molecule has 4 aromatic carbocycles. The van der Waals surface area contributed by atoms with E-state index in [0.29, 0.717) is 27.4 Å². The van der Waals surface area contributed by atoms with E-state index >= 15 is 0 Å². The summed E-state index contributed by atoms with van der Waals surface area (Å²) in [6, 6.07) is 25.8. The third kappa shape index (κ3) is 6.51. The Morgan fingerprint density at radius 3 is 2.35 bits per heavy atom. The van der Waals surface area contributed by atoms with Crippen molar-refractivity contribution in [2.75, 3.05) is 18.5 Å². The number of carbonyl (C=O) groups is 3. The zero-order chi connectivity index (χ0) is 30.5. The Balaban J connectivity index is 1.39. The van der Waals surface area contributed by atoms with Crippen molar-refractivity contribution in [3.63, 3.8) is 0 Å². The first kappa shape index (κ1) is 29.7. The Labute approximate surface area is 257 Å². The predicted molar refractivity (Wildman–Crippen MR) is 166 cm³/mol. The lowest BCUT2D eigenvalue weighted by Gasteiger charge is -2.12. The zero-order valence-corrected chi connectivity index (χ0v) is 24.7. The van der Waals surface area contributed by atoms with E-state index in [9.17, 15) is 14.4 Å². The lowest BCUT2D eigenvalue weighted by molar-refractivity contribution is -0.118. The topological polar surface area (TPSA) is 95.9 Å². The Morgan fingerprint density at radius 2 is 1.60 bits per heavy atom. The molecule has 1 amide bonds. The van der Waals surface area contributed by atoms with Gasteiger partial charge in [0.1, 0.15) is 11.5 Å². The molecule has 0 aliphatic heterocycles. The van der Waals surface area contributed by atoms with Crippen LogP contribution in [0.2, 0.25) is 10.0 Å². The average Bonchev–Trinajstić information content (AvgIpc) is 3.28. The van der Waals surface area contributed by atoms with Crippen LogP contribution in [0.4, 0.5) is 5.69 Å². The molecule has 0 aliphatic carbocycles. The van der Waals surface area contributed by atoms with Crippen LogP contribution in [0.3, 0.4) is 0 Å². The fourth-order valence-electron chi connectivity index (χ4n) is 4.69. The molecule has 0 unspecified atom stereocenters. The second kappa shape index (κ2) is 13.0. The number of anilines is 1. The normalized spacial score (nSPS) is 10.8. The largest absolute Gasteiger partial charge is 0.482 e. The molecule has 8 nitrogen and oxygen atoms in total. The molecule has 10 heteroatoms. The highest BCUT2D eigenvalue weighted by Crippen LogP contribution is 2.33. The molecule has 0 radical (unpaired) electrons. The van der Waals surface area contributed by atoms with Crippen molar-refractivity contribution in [1.82, 2.24) is 4.57 Å². The number of carbonyl (C=O) groups excluding carboxylic acids is 3. The maximum Gasteiger partial charge on any atom is 0.345 e. The highest BCUT2D eigenvalue weighted by atomic mass is 35.5. The third-order valence-electron chi connectivity index (χ3n) is 6.55. The summed E-state index contributed by atoms with van der Waals surface area (Å²) < 4.78 is 18.5. The van der Waals surface area contributed by atoms with E-state index in [1.54, 1.807) is 55.5 Å². The van der Waals surface area contributed by atoms with Gasteiger partial charge in [-0.05, 0) is 74.5 Å². The lowest BCUT2D eigenvalue weighted by Crippen LogP contribution is -2.22. The smallest absolute Gasteiger partial charge is 0.345 e. The SMILES string of the molecule is CCOC(=O)c1c(C)n(-c2ccccc2)c2ccc(OC(=O)c3ccccc3NC(=O)COc3ccc(Cl)cc3Cl)cc12. The number of halogens is 2. The summed E-state index contributed by atoms with van der Waals surface area (Å²) >= 11 is 12.0. The van der Waals surface area contributed by atoms with Gasteiger partial charge in [0.15, 0.2) is 6.61 Å². The maximum atomic E-state index is 13.3. The number of hydrogen-bond acceptors (Lipinski definition) is 6. The van der Waals surface area contributed by atoms with Gasteiger partial charge in [0.05, 0.1) is 34.0 Å². The first-order valence-electron chi connectivity index (χ1n) is 13.3. The van der Waals surface area contributed by atoms with Crippen molar-refractivity contribution in [3.8, 4) is 17.2 Å². The van der Waals surface area contributed by atoms with Crippen LogP contribution in [0.15, 0.2) is 91.0 Å². The molecule has 1 heterocycles. The summed E-state index contributed by atoms with van der Waals surface area (Å²) in [5.41, 5.74) is 3.06. The van der Waals surface area contributed by atoms with Gasteiger partial charge in [0.2, 0.25) is 0 Å². The van der Waals surface area contributed by atoms with Gasteiger partial charge in [-0.25, -0.2) is 9.59 Å². The zero-order valence-electron chi connectivity index (χ0n) is 23.2. The van der Waals surface area contributed by atoms with Gasteiger partial charge in [-0.2, -0.15) is 0 Å². The lowest BCUT2D eigenvalue weighted by atomic mass is 10.1. The number of hydrogen-bond donors (Lipinski definition) is 1. The number of aromatic nitrogens is 1. The van der Waals surface area contributed by atoms with Crippen molar-refractivity contribution in [3.05, 3.63) is 118 Å². The van der Waals surface area contributed by atoms with Gasteiger partial charge < -0.3 is 24.1 Å². The molecule has 0 saturated heterocycles. The van der Waals surface area contributed by atoms with Crippen molar-refractivity contribution in [2.24, 2.45) is 0 Å². The van der Waals surface area contributed by atoms with Crippen LogP contribution in [-0.4, -0.2) is 35.6 Å². The van der Waals surface area contributed by atoms with Crippen LogP contribution in [0.5, 0.6) is 11.5 Å². The van der Waals surface area contributed by atoms with E-state index in [1.807, 2.05) is 41.8 Å². The fourth-order valence-corrected chi connectivity index (χ4v) is 5.15. The highest BCUT2D eigenvalue weighted by Gasteiger charge is 2.23. The molecule has 0 atom stereocenters. The number of ether oxygens (including phenoxy) is 3. The minimum absolute atomic E-state index is 0.129.